The summed E-state index contributed by atoms with van der Waals surface area (Å²) in [4.78, 5) is 22.6. The van der Waals surface area contributed by atoms with E-state index in [9.17, 15) is 9.59 Å². The summed E-state index contributed by atoms with van der Waals surface area (Å²) in [5.41, 5.74) is -0.453. The Hall–Kier alpha value is -0.710. The Bertz CT molecular complexity index is 304. The van der Waals surface area contributed by atoms with Gasteiger partial charge in [-0.25, -0.2) is 4.79 Å². The van der Waals surface area contributed by atoms with Crippen molar-refractivity contribution in [2.45, 2.75) is 70.3 Å². The number of rotatable bonds is 2. The summed E-state index contributed by atoms with van der Waals surface area (Å²) in [7, 11) is 0. The highest BCUT2D eigenvalue weighted by atomic mass is 32.2. The normalized spacial score (nSPS) is 24.4. The van der Waals surface area contributed by atoms with E-state index in [-0.39, 0.29) is 17.3 Å². The zero-order chi connectivity index (χ0) is 13.8. The third-order valence-electron chi connectivity index (χ3n) is 2.73. The summed E-state index contributed by atoms with van der Waals surface area (Å²) >= 11 is 1.42. The molecule has 1 fully saturated rings. The first-order chi connectivity index (χ1) is 8.26. The fraction of sp³-hybridized carbons (Fsp3) is 0.846. The summed E-state index contributed by atoms with van der Waals surface area (Å²) in [6, 6.07) is 0.184. The highest BCUT2D eigenvalue weighted by Gasteiger charge is 2.25. The molecule has 0 aromatic carbocycles. The minimum absolute atomic E-state index is 0.179. The number of amides is 1. The van der Waals surface area contributed by atoms with E-state index in [1.807, 2.05) is 20.8 Å². The maximum Gasteiger partial charge on any atom is 0.407 e. The van der Waals surface area contributed by atoms with Gasteiger partial charge in [0.15, 0.2) is 5.12 Å². The molecule has 0 atom stereocenters. The topological polar surface area (TPSA) is 55.4 Å². The largest absolute Gasteiger partial charge is 0.444 e. The Morgan fingerprint density at radius 1 is 1.17 bits per heavy atom. The SMILES string of the molecule is CC(=O)S[C@H]1CC[C@@H](NC(=O)OC(C)(C)C)CC1. The van der Waals surface area contributed by atoms with E-state index in [1.165, 1.54) is 11.8 Å². The van der Waals surface area contributed by atoms with Crippen LogP contribution in [0.15, 0.2) is 0 Å². The van der Waals surface area contributed by atoms with Gasteiger partial charge in [0.05, 0.1) is 0 Å². The average molecular weight is 273 g/mol. The van der Waals surface area contributed by atoms with Crippen molar-refractivity contribution in [2.24, 2.45) is 0 Å². The van der Waals surface area contributed by atoms with Gasteiger partial charge in [0.1, 0.15) is 5.60 Å². The Labute approximate surface area is 113 Å². The van der Waals surface area contributed by atoms with Crippen molar-refractivity contribution < 1.29 is 14.3 Å². The molecule has 0 radical (unpaired) electrons. The van der Waals surface area contributed by atoms with Gasteiger partial charge in [-0.15, -0.1) is 0 Å². The van der Waals surface area contributed by atoms with Crippen LogP contribution < -0.4 is 5.32 Å². The predicted molar refractivity (Wildman–Crippen MR) is 73.7 cm³/mol. The molecule has 0 unspecified atom stereocenters. The zero-order valence-electron chi connectivity index (χ0n) is 11.6. The molecule has 0 spiro atoms. The van der Waals surface area contributed by atoms with Gasteiger partial charge in [0.2, 0.25) is 0 Å². The molecule has 1 N–H and O–H groups in total. The van der Waals surface area contributed by atoms with Crippen molar-refractivity contribution in [1.82, 2.24) is 5.32 Å². The third kappa shape index (κ3) is 6.28. The van der Waals surface area contributed by atoms with Crippen LogP contribution in [0.1, 0.15) is 53.4 Å². The second kappa shape index (κ2) is 6.45. The lowest BCUT2D eigenvalue weighted by Crippen LogP contribution is -2.41. The van der Waals surface area contributed by atoms with Crippen molar-refractivity contribution in [3.8, 4) is 0 Å². The second-order valence-electron chi connectivity index (χ2n) is 5.73. The molecule has 0 aromatic rings. The standard InChI is InChI=1S/C13H23NO3S/c1-9(15)18-11-7-5-10(6-8-11)14-12(16)17-13(2,3)4/h10-11H,5-8H2,1-4H3,(H,14,16)/t10-,11+. The van der Waals surface area contributed by atoms with Crippen molar-refractivity contribution >= 4 is 23.0 Å². The third-order valence-corrected chi connectivity index (χ3v) is 3.86. The van der Waals surface area contributed by atoms with Crippen LogP contribution in [0.5, 0.6) is 0 Å². The van der Waals surface area contributed by atoms with Crippen LogP contribution in [-0.4, -0.2) is 28.1 Å². The molecule has 0 aromatic heterocycles. The van der Waals surface area contributed by atoms with Crippen LogP contribution in [0, 0.1) is 0 Å². The van der Waals surface area contributed by atoms with Gasteiger partial charge in [-0.3, -0.25) is 4.79 Å². The smallest absolute Gasteiger partial charge is 0.407 e. The molecule has 1 rings (SSSR count). The van der Waals surface area contributed by atoms with Crippen LogP contribution >= 0.6 is 11.8 Å². The molecule has 0 bridgehead atoms. The molecule has 5 heteroatoms. The second-order valence-corrected chi connectivity index (χ2v) is 7.21. The molecule has 0 heterocycles. The van der Waals surface area contributed by atoms with Crippen molar-refractivity contribution in [3.05, 3.63) is 0 Å². The van der Waals surface area contributed by atoms with Crippen molar-refractivity contribution in [2.75, 3.05) is 0 Å². The number of alkyl carbamates (subject to hydrolysis) is 1. The van der Waals surface area contributed by atoms with Crippen LogP contribution in [0.25, 0.3) is 0 Å². The summed E-state index contributed by atoms with van der Waals surface area (Å²) in [6.45, 7) is 7.17. The molecular formula is C13H23NO3S. The zero-order valence-corrected chi connectivity index (χ0v) is 12.4. The molecule has 18 heavy (non-hydrogen) atoms. The lowest BCUT2D eigenvalue weighted by Gasteiger charge is -2.29. The number of thioether (sulfide) groups is 1. The Balaban J connectivity index is 2.27. The fourth-order valence-corrected chi connectivity index (χ4v) is 3.01. The van der Waals surface area contributed by atoms with Gasteiger partial charge in [0.25, 0.3) is 0 Å². The van der Waals surface area contributed by atoms with Gasteiger partial charge < -0.3 is 10.1 Å². The van der Waals surface area contributed by atoms with Gasteiger partial charge >= 0.3 is 6.09 Å². The highest BCUT2D eigenvalue weighted by molar-refractivity contribution is 8.14. The number of hydrogen-bond acceptors (Lipinski definition) is 4. The predicted octanol–water partition coefficient (Wildman–Crippen LogP) is 3.10. The van der Waals surface area contributed by atoms with E-state index in [0.29, 0.717) is 5.25 Å². The van der Waals surface area contributed by atoms with E-state index in [4.69, 9.17) is 4.74 Å². The molecular weight excluding hydrogens is 250 g/mol. The molecule has 1 aliphatic carbocycles. The summed E-state index contributed by atoms with van der Waals surface area (Å²) in [6.07, 6.45) is 3.45. The maximum absolute atomic E-state index is 11.6. The molecule has 0 saturated heterocycles. The molecule has 4 nitrogen and oxygen atoms in total. The lowest BCUT2D eigenvalue weighted by molar-refractivity contribution is -0.109. The summed E-state index contributed by atoms with van der Waals surface area (Å²) in [5.74, 6) is 0. The van der Waals surface area contributed by atoms with E-state index in [1.54, 1.807) is 6.92 Å². The van der Waals surface area contributed by atoms with Crippen LogP contribution in [0.3, 0.4) is 0 Å². The van der Waals surface area contributed by atoms with E-state index < -0.39 is 5.60 Å². The molecule has 1 aliphatic rings. The monoisotopic (exact) mass is 273 g/mol. The summed E-state index contributed by atoms with van der Waals surface area (Å²) in [5, 5.41) is 3.49. The van der Waals surface area contributed by atoms with Gasteiger partial charge in [-0.1, -0.05) is 11.8 Å². The first kappa shape index (κ1) is 15.3. The van der Waals surface area contributed by atoms with E-state index in [2.05, 4.69) is 5.32 Å². The van der Waals surface area contributed by atoms with Crippen LogP contribution in [-0.2, 0) is 9.53 Å². The molecule has 1 amide bonds. The Kier molecular flexibility index (Phi) is 5.50. The number of carbonyl (C=O) groups excluding carboxylic acids is 2. The van der Waals surface area contributed by atoms with E-state index >= 15 is 0 Å². The van der Waals surface area contributed by atoms with Gasteiger partial charge in [-0.05, 0) is 46.5 Å². The first-order valence-electron chi connectivity index (χ1n) is 6.43. The molecule has 0 aliphatic heterocycles. The van der Waals surface area contributed by atoms with Crippen LogP contribution in [0.4, 0.5) is 4.79 Å². The van der Waals surface area contributed by atoms with Gasteiger partial charge in [0, 0.05) is 18.2 Å². The maximum atomic E-state index is 11.6. The van der Waals surface area contributed by atoms with Gasteiger partial charge in [-0.2, -0.15) is 0 Å². The van der Waals surface area contributed by atoms with Crippen molar-refractivity contribution in [1.29, 1.82) is 0 Å². The Morgan fingerprint density at radius 2 is 1.72 bits per heavy atom. The first-order valence-corrected chi connectivity index (χ1v) is 7.31. The lowest BCUT2D eigenvalue weighted by atomic mass is 9.95. The fourth-order valence-electron chi connectivity index (χ4n) is 2.03. The van der Waals surface area contributed by atoms with Crippen molar-refractivity contribution in [3.63, 3.8) is 0 Å². The summed E-state index contributed by atoms with van der Waals surface area (Å²) < 4.78 is 5.22. The quantitative estimate of drug-likeness (QED) is 0.840. The average Bonchev–Trinajstić information content (AvgIpc) is 2.17. The highest BCUT2D eigenvalue weighted by Crippen LogP contribution is 2.29. The molecule has 104 valence electrons. The number of hydrogen-bond donors (Lipinski definition) is 1. The minimum atomic E-state index is -0.453. The number of nitrogens with one attached hydrogen (secondary N) is 1. The Morgan fingerprint density at radius 3 is 2.17 bits per heavy atom. The molecule has 1 saturated carbocycles. The van der Waals surface area contributed by atoms with Crippen LogP contribution in [0.2, 0.25) is 0 Å². The number of carbonyl (C=O) groups is 2. The van der Waals surface area contributed by atoms with E-state index in [0.717, 1.165) is 25.7 Å². The minimum Gasteiger partial charge on any atom is -0.444 e. The number of ether oxygens (including phenoxy) is 1.